The van der Waals surface area contributed by atoms with E-state index in [1.807, 2.05) is 11.0 Å². The molecule has 5 nitrogen and oxygen atoms in total. The van der Waals surface area contributed by atoms with Gasteiger partial charge in [0.25, 0.3) is 0 Å². The lowest BCUT2D eigenvalue weighted by atomic mass is 10.1. The van der Waals surface area contributed by atoms with Crippen molar-refractivity contribution in [2.24, 2.45) is 0 Å². The van der Waals surface area contributed by atoms with Gasteiger partial charge in [-0.15, -0.1) is 0 Å². The van der Waals surface area contributed by atoms with E-state index in [4.69, 9.17) is 0 Å². The number of carbonyl (C=O) groups excluding carboxylic acids is 1. The third-order valence-corrected chi connectivity index (χ3v) is 4.19. The molecule has 2 aliphatic heterocycles. The lowest BCUT2D eigenvalue weighted by molar-refractivity contribution is -0.133. The van der Waals surface area contributed by atoms with Crippen molar-refractivity contribution in [3.05, 3.63) is 30.1 Å². The van der Waals surface area contributed by atoms with E-state index in [0.29, 0.717) is 44.8 Å². The molecule has 2 atom stereocenters. The molecule has 2 fully saturated rings. The highest BCUT2D eigenvalue weighted by Gasteiger charge is 2.32. The Labute approximate surface area is 123 Å². The van der Waals surface area contributed by atoms with Gasteiger partial charge in [-0.1, -0.05) is 12.1 Å². The third-order valence-electron chi connectivity index (χ3n) is 4.19. The SMILES string of the molecule is O=C([C@H]1C[C@@H](O)CN1)N1CCN(c2ccccc2F)CC1. The molecule has 2 aliphatic rings. The highest BCUT2D eigenvalue weighted by atomic mass is 19.1. The van der Waals surface area contributed by atoms with E-state index in [1.165, 1.54) is 6.07 Å². The van der Waals surface area contributed by atoms with Crippen LogP contribution in [0.2, 0.25) is 0 Å². The molecule has 0 unspecified atom stereocenters. The number of anilines is 1. The number of aliphatic hydroxyl groups excluding tert-OH is 1. The number of β-amino-alcohol motifs (C(OH)–C–C–N with tert-alkyl or cyclic N) is 1. The minimum Gasteiger partial charge on any atom is -0.392 e. The quantitative estimate of drug-likeness (QED) is 0.818. The summed E-state index contributed by atoms with van der Waals surface area (Å²) in [6.45, 7) is 2.90. The summed E-state index contributed by atoms with van der Waals surface area (Å²) < 4.78 is 13.8. The lowest BCUT2D eigenvalue weighted by Crippen LogP contribution is -2.53. The fraction of sp³-hybridized carbons (Fsp3) is 0.533. The highest BCUT2D eigenvalue weighted by Crippen LogP contribution is 2.20. The topological polar surface area (TPSA) is 55.8 Å². The molecular weight excluding hydrogens is 273 g/mol. The number of carbonyl (C=O) groups is 1. The molecule has 0 aliphatic carbocycles. The van der Waals surface area contributed by atoms with Crippen LogP contribution < -0.4 is 10.2 Å². The van der Waals surface area contributed by atoms with Crippen LogP contribution in [0.1, 0.15) is 6.42 Å². The van der Waals surface area contributed by atoms with Gasteiger partial charge in [-0.3, -0.25) is 4.79 Å². The first-order valence-corrected chi connectivity index (χ1v) is 7.35. The Bertz CT molecular complexity index is 517. The molecule has 3 rings (SSSR count). The summed E-state index contributed by atoms with van der Waals surface area (Å²) in [5, 5.41) is 12.5. The van der Waals surface area contributed by atoms with E-state index in [2.05, 4.69) is 5.32 Å². The second kappa shape index (κ2) is 5.99. The molecule has 2 heterocycles. The summed E-state index contributed by atoms with van der Waals surface area (Å²) in [6, 6.07) is 6.44. The fourth-order valence-corrected chi connectivity index (χ4v) is 3.00. The van der Waals surface area contributed by atoms with Crippen molar-refractivity contribution in [2.45, 2.75) is 18.6 Å². The molecule has 21 heavy (non-hydrogen) atoms. The summed E-state index contributed by atoms with van der Waals surface area (Å²) >= 11 is 0. The molecule has 1 aromatic carbocycles. The molecule has 0 aromatic heterocycles. The molecule has 1 amide bonds. The Morgan fingerprint density at radius 2 is 1.95 bits per heavy atom. The second-order valence-corrected chi connectivity index (χ2v) is 5.61. The molecular formula is C15H20FN3O2. The molecule has 2 saturated heterocycles. The van der Waals surface area contributed by atoms with Crippen molar-refractivity contribution >= 4 is 11.6 Å². The first-order valence-electron chi connectivity index (χ1n) is 7.35. The van der Waals surface area contributed by atoms with Crippen LogP contribution in [0.3, 0.4) is 0 Å². The average molecular weight is 293 g/mol. The van der Waals surface area contributed by atoms with Gasteiger partial charge in [0.2, 0.25) is 5.91 Å². The fourth-order valence-electron chi connectivity index (χ4n) is 3.00. The summed E-state index contributed by atoms with van der Waals surface area (Å²) in [4.78, 5) is 16.1. The van der Waals surface area contributed by atoms with Crippen LogP contribution in [0.5, 0.6) is 0 Å². The predicted octanol–water partition coefficient (Wildman–Crippen LogP) is 0.197. The number of amides is 1. The zero-order chi connectivity index (χ0) is 14.8. The predicted molar refractivity (Wildman–Crippen MR) is 77.6 cm³/mol. The number of nitrogens with one attached hydrogen (secondary N) is 1. The number of para-hydroxylation sites is 1. The third kappa shape index (κ3) is 3.01. The van der Waals surface area contributed by atoms with E-state index in [-0.39, 0.29) is 17.8 Å². The minimum absolute atomic E-state index is 0.0414. The van der Waals surface area contributed by atoms with Gasteiger partial charge in [-0.25, -0.2) is 4.39 Å². The summed E-state index contributed by atoms with van der Waals surface area (Å²) in [5.41, 5.74) is 0.596. The van der Waals surface area contributed by atoms with E-state index in [0.717, 1.165) is 0 Å². The molecule has 0 bridgehead atoms. The van der Waals surface area contributed by atoms with Gasteiger partial charge in [0.15, 0.2) is 0 Å². The van der Waals surface area contributed by atoms with Crippen molar-refractivity contribution in [1.82, 2.24) is 10.2 Å². The maximum absolute atomic E-state index is 13.8. The van der Waals surface area contributed by atoms with Crippen LogP contribution in [0, 0.1) is 5.82 Å². The Morgan fingerprint density at radius 1 is 1.24 bits per heavy atom. The molecule has 0 radical (unpaired) electrons. The Balaban J connectivity index is 1.58. The van der Waals surface area contributed by atoms with Crippen LogP contribution >= 0.6 is 0 Å². The van der Waals surface area contributed by atoms with Crippen LogP contribution in [0.15, 0.2) is 24.3 Å². The number of rotatable bonds is 2. The number of halogens is 1. The number of hydrogen-bond acceptors (Lipinski definition) is 4. The van der Waals surface area contributed by atoms with Gasteiger partial charge in [0, 0.05) is 32.7 Å². The molecule has 0 saturated carbocycles. The number of nitrogens with zero attached hydrogens (tertiary/aromatic N) is 2. The largest absolute Gasteiger partial charge is 0.392 e. The van der Waals surface area contributed by atoms with Gasteiger partial charge < -0.3 is 20.2 Å². The van der Waals surface area contributed by atoms with Crippen molar-refractivity contribution in [3.8, 4) is 0 Å². The molecule has 6 heteroatoms. The van der Waals surface area contributed by atoms with E-state index in [1.54, 1.807) is 17.0 Å². The Kier molecular flexibility index (Phi) is 4.07. The number of benzene rings is 1. The van der Waals surface area contributed by atoms with Gasteiger partial charge in [0.1, 0.15) is 5.82 Å². The lowest BCUT2D eigenvalue weighted by Gasteiger charge is -2.37. The van der Waals surface area contributed by atoms with Gasteiger partial charge in [-0.05, 0) is 18.6 Å². The van der Waals surface area contributed by atoms with Crippen molar-refractivity contribution in [2.75, 3.05) is 37.6 Å². The normalized spacial score (nSPS) is 26.2. The van der Waals surface area contributed by atoms with Crippen LogP contribution in [0.4, 0.5) is 10.1 Å². The summed E-state index contributed by atoms with van der Waals surface area (Å²) in [6.07, 6.45) is 0.0467. The first-order chi connectivity index (χ1) is 10.1. The smallest absolute Gasteiger partial charge is 0.239 e. The maximum atomic E-state index is 13.8. The van der Waals surface area contributed by atoms with E-state index < -0.39 is 6.10 Å². The Hall–Kier alpha value is -1.66. The number of hydrogen-bond donors (Lipinski definition) is 2. The number of aliphatic hydroxyl groups is 1. The zero-order valence-corrected chi connectivity index (χ0v) is 11.8. The maximum Gasteiger partial charge on any atom is 0.239 e. The average Bonchev–Trinajstić information content (AvgIpc) is 2.94. The second-order valence-electron chi connectivity index (χ2n) is 5.61. The zero-order valence-electron chi connectivity index (χ0n) is 11.8. The summed E-state index contributed by atoms with van der Waals surface area (Å²) in [7, 11) is 0. The Morgan fingerprint density at radius 3 is 2.57 bits per heavy atom. The molecule has 2 N–H and O–H groups in total. The van der Waals surface area contributed by atoms with Crippen molar-refractivity contribution in [3.63, 3.8) is 0 Å². The van der Waals surface area contributed by atoms with Crippen LogP contribution in [0.25, 0.3) is 0 Å². The molecule has 114 valence electrons. The minimum atomic E-state index is -0.432. The standard InChI is InChI=1S/C15H20FN3O2/c16-12-3-1-2-4-14(12)18-5-7-19(8-6-18)15(21)13-9-11(20)10-17-13/h1-4,11,13,17,20H,5-10H2/t11-,13-/m1/s1. The van der Waals surface area contributed by atoms with Gasteiger partial charge in [0.05, 0.1) is 17.8 Å². The van der Waals surface area contributed by atoms with Gasteiger partial charge >= 0.3 is 0 Å². The molecule has 0 spiro atoms. The van der Waals surface area contributed by atoms with Crippen LogP contribution in [-0.2, 0) is 4.79 Å². The van der Waals surface area contributed by atoms with E-state index in [9.17, 15) is 14.3 Å². The van der Waals surface area contributed by atoms with Crippen LogP contribution in [-0.4, -0.2) is 60.8 Å². The van der Waals surface area contributed by atoms with E-state index >= 15 is 0 Å². The van der Waals surface area contributed by atoms with Gasteiger partial charge in [-0.2, -0.15) is 0 Å². The van der Waals surface area contributed by atoms with Crippen molar-refractivity contribution < 1.29 is 14.3 Å². The number of piperazine rings is 1. The highest BCUT2D eigenvalue weighted by molar-refractivity contribution is 5.82. The van der Waals surface area contributed by atoms with Crippen molar-refractivity contribution in [1.29, 1.82) is 0 Å². The first kappa shape index (κ1) is 14.3. The molecule has 1 aromatic rings. The monoisotopic (exact) mass is 293 g/mol. The summed E-state index contributed by atoms with van der Waals surface area (Å²) in [5.74, 6) is -0.183.